The molecule has 0 fully saturated rings. The van der Waals surface area contributed by atoms with Gasteiger partial charge in [0.05, 0.1) is 5.75 Å². The molecule has 76 valence electrons. The van der Waals surface area contributed by atoms with Crippen LogP contribution < -0.4 is 4.72 Å². The summed E-state index contributed by atoms with van der Waals surface area (Å²) in [6, 6.07) is 0. The third kappa shape index (κ3) is 6.33. The first kappa shape index (κ1) is 12.2. The van der Waals surface area contributed by atoms with Gasteiger partial charge < -0.3 is 0 Å². The van der Waals surface area contributed by atoms with Crippen molar-refractivity contribution in [3.63, 3.8) is 0 Å². The number of carbonyl (C=O) groups is 1. The van der Waals surface area contributed by atoms with Crippen LogP contribution in [0, 0.1) is 0 Å². The van der Waals surface area contributed by atoms with E-state index in [0.29, 0.717) is 6.42 Å². The highest BCUT2D eigenvalue weighted by Crippen LogP contribution is 1.97. The highest BCUT2D eigenvalue weighted by molar-refractivity contribution is 7.90. The average molecular weight is 205 g/mol. The molecule has 4 nitrogen and oxygen atoms in total. The average Bonchev–Trinajstić information content (AvgIpc) is 2.03. The molecule has 13 heavy (non-hydrogen) atoms. The van der Waals surface area contributed by atoms with Crippen LogP contribution in [-0.2, 0) is 14.8 Å². The number of rotatable bonds is 6. The van der Waals surface area contributed by atoms with E-state index < -0.39 is 15.9 Å². The van der Waals surface area contributed by atoms with Crippen molar-refractivity contribution < 1.29 is 13.2 Å². The molecule has 0 aliphatic rings. The Kier molecular flexibility index (Phi) is 5.37. The lowest BCUT2D eigenvalue weighted by Crippen LogP contribution is -2.30. The molecule has 0 radical (unpaired) electrons. The van der Waals surface area contributed by atoms with Crippen molar-refractivity contribution in [1.29, 1.82) is 0 Å². The van der Waals surface area contributed by atoms with E-state index in [2.05, 4.69) is 6.58 Å². The molecule has 0 spiro atoms. The first-order valence-electron chi connectivity index (χ1n) is 4.18. The van der Waals surface area contributed by atoms with E-state index in [-0.39, 0.29) is 5.75 Å². The normalized spacial score (nSPS) is 10.8. The van der Waals surface area contributed by atoms with Gasteiger partial charge in [0, 0.05) is 0 Å². The fraction of sp³-hybridized carbons (Fsp3) is 0.625. The Morgan fingerprint density at radius 2 is 2.08 bits per heavy atom. The summed E-state index contributed by atoms with van der Waals surface area (Å²) >= 11 is 0. The van der Waals surface area contributed by atoms with E-state index in [1.165, 1.54) is 0 Å². The molecule has 5 heteroatoms. The van der Waals surface area contributed by atoms with Gasteiger partial charge in [-0.1, -0.05) is 26.3 Å². The summed E-state index contributed by atoms with van der Waals surface area (Å²) < 4.78 is 24.1. The molecule has 0 atom stereocenters. The van der Waals surface area contributed by atoms with E-state index in [1.54, 1.807) is 0 Å². The van der Waals surface area contributed by atoms with Gasteiger partial charge in [-0.05, 0) is 12.5 Å². The Balaban J connectivity index is 3.95. The quantitative estimate of drug-likeness (QED) is 0.515. The fourth-order valence-corrected chi connectivity index (χ4v) is 1.86. The zero-order valence-corrected chi connectivity index (χ0v) is 8.56. The molecule has 0 aliphatic carbocycles. The molecule has 0 aromatic rings. The summed E-state index contributed by atoms with van der Waals surface area (Å²) in [5.41, 5.74) is 0. The molecule has 0 aromatic heterocycles. The molecule has 0 unspecified atom stereocenters. The van der Waals surface area contributed by atoms with Crippen LogP contribution in [0.1, 0.15) is 26.2 Å². The largest absolute Gasteiger partial charge is 0.269 e. The van der Waals surface area contributed by atoms with Crippen LogP contribution in [0.4, 0.5) is 0 Å². The number of amides is 1. The molecule has 0 bridgehead atoms. The summed E-state index contributed by atoms with van der Waals surface area (Å²) in [6.07, 6.45) is 3.32. The van der Waals surface area contributed by atoms with Crippen molar-refractivity contribution in [3.05, 3.63) is 12.7 Å². The molecule has 0 heterocycles. The molecular weight excluding hydrogens is 190 g/mol. The monoisotopic (exact) mass is 205 g/mol. The van der Waals surface area contributed by atoms with Crippen molar-refractivity contribution in [2.75, 3.05) is 5.75 Å². The molecule has 0 saturated carbocycles. The maximum absolute atomic E-state index is 11.1. The molecule has 1 amide bonds. The summed E-state index contributed by atoms with van der Waals surface area (Å²) in [5.74, 6) is -0.669. The van der Waals surface area contributed by atoms with Crippen molar-refractivity contribution in [2.45, 2.75) is 26.2 Å². The van der Waals surface area contributed by atoms with Crippen molar-refractivity contribution >= 4 is 15.9 Å². The second-order valence-corrected chi connectivity index (χ2v) is 4.54. The Morgan fingerprint density at radius 1 is 1.46 bits per heavy atom. The Morgan fingerprint density at radius 3 is 2.54 bits per heavy atom. The van der Waals surface area contributed by atoms with Gasteiger partial charge in [-0.2, -0.15) is 0 Å². The second-order valence-electron chi connectivity index (χ2n) is 2.70. The Hall–Kier alpha value is -0.840. The van der Waals surface area contributed by atoms with Crippen molar-refractivity contribution in [1.82, 2.24) is 4.72 Å². The maximum Gasteiger partial charge on any atom is 0.256 e. The Labute approximate surface area is 79.1 Å². The molecule has 0 rings (SSSR count). The number of hydrogen-bond acceptors (Lipinski definition) is 3. The predicted octanol–water partition coefficient (Wildman–Crippen LogP) is 0.809. The number of nitrogens with one attached hydrogen (secondary N) is 1. The van der Waals surface area contributed by atoms with Crippen LogP contribution in [0.3, 0.4) is 0 Å². The minimum Gasteiger partial charge on any atom is -0.269 e. The van der Waals surface area contributed by atoms with Gasteiger partial charge in [0.25, 0.3) is 5.91 Å². The number of hydrogen-bond donors (Lipinski definition) is 1. The fourth-order valence-electron chi connectivity index (χ4n) is 0.788. The number of unbranched alkanes of at least 4 members (excludes halogenated alkanes) is 2. The van der Waals surface area contributed by atoms with Gasteiger partial charge in [-0.25, -0.2) is 13.1 Å². The molecule has 0 aliphatic heterocycles. The van der Waals surface area contributed by atoms with Gasteiger partial charge in [0.2, 0.25) is 10.0 Å². The standard InChI is InChI=1S/C8H15NO3S/c1-3-5-6-7-13(11,12)9-8(10)4-2/h4H,2-3,5-7H2,1H3,(H,9,10). The molecule has 1 N–H and O–H groups in total. The highest BCUT2D eigenvalue weighted by atomic mass is 32.2. The van der Waals surface area contributed by atoms with E-state index in [0.717, 1.165) is 18.9 Å². The maximum atomic E-state index is 11.1. The minimum atomic E-state index is -3.44. The van der Waals surface area contributed by atoms with Crippen molar-refractivity contribution in [3.8, 4) is 0 Å². The van der Waals surface area contributed by atoms with E-state index in [9.17, 15) is 13.2 Å². The van der Waals surface area contributed by atoms with E-state index in [1.807, 2.05) is 11.6 Å². The van der Waals surface area contributed by atoms with Crippen LogP contribution in [0.5, 0.6) is 0 Å². The number of carbonyl (C=O) groups excluding carboxylic acids is 1. The molecule has 0 aromatic carbocycles. The van der Waals surface area contributed by atoms with Crippen LogP contribution in [0.2, 0.25) is 0 Å². The predicted molar refractivity (Wildman–Crippen MR) is 51.7 cm³/mol. The summed E-state index contributed by atoms with van der Waals surface area (Å²) in [6.45, 7) is 5.15. The topological polar surface area (TPSA) is 63.2 Å². The minimum absolute atomic E-state index is 0.000417. The van der Waals surface area contributed by atoms with Gasteiger partial charge in [-0.3, -0.25) is 4.79 Å². The lowest BCUT2D eigenvalue weighted by atomic mass is 10.3. The van der Waals surface area contributed by atoms with Crippen LogP contribution in [-0.4, -0.2) is 20.1 Å². The van der Waals surface area contributed by atoms with Gasteiger partial charge >= 0.3 is 0 Å². The highest BCUT2D eigenvalue weighted by Gasteiger charge is 2.10. The first-order valence-corrected chi connectivity index (χ1v) is 5.84. The van der Waals surface area contributed by atoms with Gasteiger partial charge in [-0.15, -0.1) is 0 Å². The molecular formula is C8H15NO3S. The Bertz CT molecular complexity index is 269. The number of sulfonamides is 1. The lowest BCUT2D eigenvalue weighted by molar-refractivity contribution is -0.114. The zero-order chi connectivity index (χ0) is 10.3. The third-order valence-corrected chi connectivity index (χ3v) is 2.80. The van der Waals surface area contributed by atoms with Crippen LogP contribution >= 0.6 is 0 Å². The summed E-state index contributed by atoms with van der Waals surface area (Å²) in [5, 5.41) is 0. The van der Waals surface area contributed by atoms with E-state index >= 15 is 0 Å². The summed E-state index contributed by atoms with van der Waals surface area (Å²) in [4.78, 5) is 10.7. The van der Waals surface area contributed by atoms with Crippen LogP contribution in [0.15, 0.2) is 12.7 Å². The lowest BCUT2D eigenvalue weighted by Gasteiger charge is -2.03. The van der Waals surface area contributed by atoms with Crippen molar-refractivity contribution in [2.24, 2.45) is 0 Å². The van der Waals surface area contributed by atoms with Gasteiger partial charge in [0.15, 0.2) is 0 Å². The van der Waals surface area contributed by atoms with Crippen LogP contribution in [0.25, 0.3) is 0 Å². The SMILES string of the molecule is C=CC(=O)NS(=O)(=O)CCCCC. The molecule has 0 saturated heterocycles. The second kappa shape index (κ2) is 5.75. The zero-order valence-electron chi connectivity index (χ0n) is 7.75. The third-order valence-electron chi connectivity index (χ3n) is 1.46. The van der Waals surface area contributed by atoms with E-state index in [4.69, 9.17) is 0 Å². The van der Waals surface area contributed by atoms with Gasteiger partial charge in [0.1, 0.15) is 0 Å². The first-order chi connectivity index (χ1) is 6.02. The summed E-state index contributed by atoms with van der Waals surface area (Å²) in [7, 11) is -3.44. The smallest absolute Gasteiger partial charge is 0.256 e.